The van der Waals surface area contributed by atoms with Crippen molar-refractivity contribution in [2.45, 2.75) is 25.5 Å². The lowest BCUT2D eigenvalue weighted by Gasteiger charge is -2.02. The zero-order valence-corrected chi connectivity index (χ0v) is 9.18. The number of nitrogens with zero attached hydrogens (tertiary/aromatic N) is 2. The molecule has 0 aromatic carbocycles. The van der Waals surface area contributed by atoms with E-state index in [1.54, 1.807) is 7.05 Å². The molecule has 14 heavy (non-hydrogen) atoms. The van der Waals surface area contributed by atoms with E-state index in [-0.39, 0.29) is 5.92 Å². The van der Waals surface area contributed by atoms with Crippen molar-refractivity contribution in [2.24, 2.45) is 7.05 Å². The van der Waals surface area contributed by atoms with Crippen LogP contribution in [0.15, 0.2) is 6.20 Å². The first-order valence-electron chi connectivity index (χ1n) is 4.24. The lowest BCUT2D eigenvalue weighted by atomic mass is 10.1. The van der Waals surface area contributed by atoms with Gasteiger partial charge < -0.3 is 0 Å². The first-order valence-corrected chi connectivity index (χ1v) is 5.79. The van der Waals surface area contributed by atoms with Crippen molar-refractivity contribution in [1.82, 2.24) is 9.78 Å². The van der Waals surface area contributed by atoms with Crippen LogP contribution in [0.1, 0.15) is 31.0 Å². The van der Waals surface area contributed by atoms with Crippen LogP contribution in [0.2, 0.25) is 0 Å². The zero-order valence-electron chi connectivity index (χ0n) is 8.36. The van der Waals surface area contributed by atoms with Gasteiger partial charge in [0.15, 0.2) is 0 Å². The zero-order chi connectivity index (χ0) is 10.9. The second kappa shape index (κ2) is 3.68. The normalized spacial score (nSPS) is 12.4. The molecular formula is C8H13FN2O2S. The molecule has 0 radical (unpaired) electrons. The molecule has 1 aromatic rings. The summed E-state index contributed by atoms with van der Waals surface area (Å²) in [5, 5.41) is 4.08. The molecule has 80 valence electrons. The lowest BCUT2D eigenvalue weighted by Crippen LogP contribution is -2.00. The van der Waals surface area contributed by atoms with E-state index < -0.39 is 16.0 Å². The van der Waals surface area contributed by atoms with Crippen molar-refractivity contribution in [2.75, 3.05) is 0 Å². The van der Waals surface area contributed by atoms with E-state index in [0.29, 0.717) is 11.3 Å². The van der Waals surface area contributed by atoms with E-state index in [1.165, 1.54) is 10.9 Å². The maximum Gasteiger partial charge on any atom is 0.306 e. The van der Waals surface area contributed by atoms with Gasteiger partial charge in [-0.1, -0.05) is 13.8 Å². The lowest BCUT2D eigenvalue weighted by molar-refractivity contribution is 0.550. The fourth-order valence-corrected chi connectivity index (χ4v) is 1.93. The Hall–Kier alpha value is -0.910. The van der Waals surface area contributed by atoms with Crippen molar-refractivity contribution in [3.8, 4) is 0 Å². The Morgan fingerprint density at radius 3 is 2.57 bits per heavy atom. The molecule has 6 heteroatoms. The molecule has 0 atom stereocenters. The van der Waals surface area contributed by atoms with Gasteiger partial charge in [0, 0.05) is 18.8 Å². The van der Waals surface area contributed by atoms with Gasteiger partial charge in [-0.05, 0) is 5.92 Å². The van der Waals surface area contributed by atoms with Crippen molar-refractivity contribution < 1.29 is 12.3 Å². The predicted octanol–water partition coefficient (Wildman–Crippen LogP) is 1.34. The average Bonchev–Trinajstić information content (AvgIpc) is 2.27. The summed E-state index contributed by atoms with van der Waals surface area (Å²) < 4.78 is 34.9. The number of rotatable bonds is 3. The molecule has 0 fully saturated rings. The van der Waals surface area contributed by atoms with Crippen molar-refractivity contribution >= 4 is 10.2 Å². The van der Waals surface area contributed by atoms with Crippen LogP contribution in [0, 0.1) is 0 Å². The van der Waals surface area contributed by atoms with Gasteiger partial charge in [-0.2, -0.15) is 13.5 Å². The number of hydrogen-bond donors (Lipinski definition) is 0. The van der Waals surface area contributed by atoms with Gasteiger partial charge in [0.05, 0.1) is 5.69 Å². The van der Waals surface area contributed by atoms with Gasteiger partial charge in [-0.15, -0.1) is 3.89 Å². The summed E-state index contributed by atoms with van der Waals surface area (Å²) in [6.07, 6.45) is 1.53. The van der Waals surface area contributed by atoms with Gasteiger partial charge >= 0.3 is 10.2 Å². The van der Waals surface area contributed by atoms with Crippen LogP contribution in [0.25, 0.3) is 0 Å². The molecule has 0 unspecified atom stereocenters. The molecule has 1 rings (SSSR count). The highest BCUT2D eigenvalue weighted by Gasteiger charge is 2.17. The minimum atomic E-state index is -4.47. The van der Waals surface area contributed by atoms with Gasteiger partial charge in [0.2, 0.25) is 0 Å². The molecule has 0 saturated carbocycles. The molecule has 0 aliphatic carbocycles. The van der Waals surface area contributed by atoms with E-state index in [9.17, 15) is 12.3 Å². The molecule has 0 aliphatic rings. The topological polar surface area (TPSA) is 52.0 Å². The summed E-state index contributed by atoms with van der Waals surface area (Å²) in [6.45, 7) is 3.77. The quantitative estimate of drug-likeness (QED) is 0.722. The Bertz CT molecular complexity index is 423. The maximum absolute atomic E-state index is 12.5. The minimum Gasteiger partial charge on any atom is -0.275 e. The second-order valence-electron chi connectivity index (χ2n) is 3.55. The molecule has 0 N–H and O–H groups in total. The number of halogens is 1. The molecule has 0 amide bonds. The standard InChI is InChI=1S/C8H13FN2O2S/c1-6(2)8-7(4-11(3)10-8)5-14(9,12)13/h4,6H,5H2,1-3H3. The summed E-state index contributed by atoms with van der Waals surface area (Å²) in [5.41, 5.74) is 1.07. The molecule has 0 saturated heterocycles. The first-order chi connectivity index (χ1) is 6.29. The van der Waals surface area contributed by atoms with Crippen LogP contribution in [-0.2, 0) is 23.0 Å². The van der Waals surface area contributed by atoms with Crippen LogP contribution in [0.4, 0.5) is 3.89 Å². The summed E-state index contributed by atoms with van der Waals surface area (Å²) in [7, 11) is -2.79. The fourth-order valence-electron chi connectivity index (χ4n) is 1.34. The summed E-state index contributed by atoms with van der Waals surface area (Å²) in [5.74, 6) is -0.498. The van der Waals surface area contributed by atoms with Crippen molar-refractivity contribution in [3.63, 3.8) is 0 Å². The van der Waals surface area contributed by atoms with Crippen LogP contribution < -0.4 is 0 Å². The van der Waals surface area contributed by atoms with Gasteiger partial charge in [-0.25, -0.2) is 0 Å². The van der Waals surface area contributed by atoms with Crippen LogP contribution in [0.3, 0.4) is 0 Å². The number of hydrogen-bond acceptors (Lipinski definition) is 3. The van der Waals surface area contributed by atoms with Gasteiger partial charge in [0.25, 0.3) is 0 Å². The number of aromatic nitrogens is 2. The Morgan fingerprint density at radius 1 is 1.57 bits per heavy atom. The third-order valence-electron chi connectivity index (χ3n) is 1.81. The molecule has 4 nitrogen and oxygen atoms in total. The highest BCUT2D eigenvalue weighted by Crippen LogP contribution is 2.19. The van der Waals surface area contributed by atoms with Crippen LogP contribution in [0.5, 0.6) is 0 Å². The second-order valence-corrected chi connectivity index (χ2v) is 4.92. The van der Waals surface area contributed by atoms with Crippen LogP contribution >= 0.6 is 0 Å². The largest absolute Gasteiger partial charge is 0.306 e. The van der Waals surface area contributed by atoms with E-state index in [0.717, 1.165) is 0 Å². The summed E-state index contributed by atoms with van der Waals surface area (Å²) in [4.78, 5) is 0. The summed E-state index contributed by atoms with van der Waals surface area (Å²) >= 11 is 0. The van der Waals surface area contributed by atoms with E-state index in [2.05, 4.69) is 5.10 Å². The first kappa shape index (κ1) is 11.2. The highest BCUT2D eigenvalue weighted by atomic mass is 32.3. The molecule has 1 aromatic heterocycles. The van der Waals surface area contributed by atoms with Crippen molar-refractivity contribution in [1.29, 1.82) is 0 Å². The summed E-state index contributed by atoms with van der Waals surface area (Å²) in [6, 6.07) is 0. The molecule has 0 spiro atoms. The van der Waals surface area contributed by atoms with Crippen molar-refractivity contribution in [3.05, 3.63) is 17.5 Å². The number of aryl methyl sites for hydroxylation is 1. The van der Waals surface area contributed by atoms with Gasteiger partial charge in [-0.3, -0.25) is 4.68 Å². The Balaban J connectivity index is 3.08. The van der Waals surface area contributed by atoms with E-state index >= 15 is 0 Å². The smallest absolute Gasteiger partial charge is 0.275 e. The third kappa shape index (κ3) is 2.80. The Kier molecular flexibility index (Phi) is 2.94. The Labute approximate surface area is 82.9 Å². The fraction of sp³-hybridized carbons (Fsp3) is 0.625. The highest BCUT2D eigenvalue weighted by molar-refractivity contribution is 7.85. The van der Waals surface area contributed by atoms with Gasteiger partial charge in [0.1, 0.15) is 5.75 Å². The third-order valence-corrected chi connectivity index (χ3v) is 2.47. The average molecular weight is 220 g/mol. The SMILES string of the molecule is CC(C)c1nn(C)cc1CS(=O)(=O)F. The Morgan fingerprint density at radius 2 is 2.14 bits per heavy atom. The molecule has 0 bridgehead atoms. The minimum absolute atomic E-state index is 0.0907. The molecular weight excluding hydrogens is 207 g/mol. The van der Waals surface area contributed by atoms with E-state index in [1.807, 2.05) is 13.8 Å². The maximum atomic E-state index is 12.5. The monoisotopic (exact) mass is 220 g/mol. The molecule has 1 heterocycles. The van der Waals surface area contributed by atoms with Crippen LogP contribution in [-0.4, -0.2) is 18.2 Å². The predicted molar refractivity (Wildman–Crippen MR) is 51.0 cm³/mol. The molecule has 0 aliphatic heterocycles. The van der Waals surface area contributed by atoms with E-state index in [4.69, 9.17) is 0 Å².